The topological polar surface area (TPSA) is 47.7 Å². The van der Waals surface area contributed by atoms with E-state index in [1.807, 2.05) is 36.4 Å². The maximum atomic E-state index is 6.00. The average Bonchev–Trinajstić information content (AvgIpc) is 2.67. The fourth-order valence-corrected chi connectivity index (χ4v) is 2.96. The van der Waals surface area contributed by atoms with E-state index in [0.717, 1.165) is 56.1 Å². The molecule has 4 nitrogen and oxygen atoms in total. The van der Waals surface area contributed by atoms with Gasteiger partial charge in [-0.1, -0.05) is 29.5 Å². The number of halogens is 1. The van der Waals surface area contributed by atoms with Crippen molar-refractivity contribution in [3.8, 4) is 23.3 Å². The predicted octanol–water partition coefficient (Wildman–Crippen LogP) is 3.66. The van der Waals surface area contributed by atoms with Gasteiger partial charge in [-0.15, -0.1) is 0 Å². The number of hydrogen-bond acceptors (Lipinski definition) is 4. The van der Waals surface area contributed by atoms with Crippen molar-refractivity contribution < 1.29 is 9.47 Å². The van der Waals surface area contributed by atoms with Gasteiger partial charge in [-0.05, 0) is 36.4 Å². The standard InChI is InChI=1S/C21H23ClN2O2/c22-19-5-3-6-20(15-19)26-21-8-7-17(14-18(21)16-23)4-1-2-9-24-10-12-25-13-11-24/h3,5-8,14-15H,2,9-13,16,23H2. The molecule has 1 saturated heterocycles. The summed E-state index contributed by atoms with van der Waals surface area (Å²) in [7, 11) is 0. The van der Waals surface area contributed by atoms with Gasteiger partial charge in [0.15, 0.2) is 0 Å². The van der Waals surface area contributed by atoms with Crippen molar-refractivity contribution in [3.63, 3.8) is 0 Å². The second-order valence-electron chi connectivity index (χ2n) is 6.09. The first kappa shape index (κ1) is 18.8. The first-order valence-electron chi connectivity index (χ1n) is 8.80. The van der Waals surface area contributed by atoms with Gasteiger partial charge in [0, 0.05) is 48.7 Å². The third kappa shape index (κ3) is 5.48. The SMILES string of the molecule is NCc1cc(C#CCCN2CCOCC2)ccc1Oc1cccc(Cl)c1. The molecule has 3 rings (SSSR count). The molecule has 0 amide bonds. The number of ether oxygens (including phenoxy) is 2. The fourth-order valence-electron chi connectivity index (χ4n) is 2.78. The Hall–Kier alpha value is -2.03. The van der Waals surface area contributed by atoms with Gasteiger partial charge in [-0.25, -0.2) is 0 Å². The molecule has 0 saturated carbocycles. The molecule has 26 heavy (non-hydrogen) atoms. The zero-order valence-corrected chi connectivity index (χ0v) is 15.5. The molecule has 136 valence electrons. The Labute approximate surface area is 159 Å². The minimum atomic E-state index is 0.388. The average molecular weight is 371 g/mol. The zero-order chi connectivity index (χ0) is 18.2. The Morgan fingerprint density at radius 2 is 2.00 bits per heavy atom. The summed E-state index contributed by atoms with van der Waals surface area (Å²) >= 11 is 6.00. The first-order chi connectivity index (χ1) is 12.7. The van der Waals surface area contributed by atoms with Crippen LogP contribution in [-0.4, -0.2) is 37.7 Å². The van der Waals surface area contributed by atoms with Crippen LogP contribution in [0.25, 0.3) is 0 Å². The molecular weight excluding hydrogens is 348 g/mol. The van der Waals surface area contributed by atoms with Gasteiger partial charge < -0.3 is 15.2 Å². The maximum absolute atomic E-state index is 6.00. The van der Waals surface area contributed by atoms with E-state index in [4.69, 9.17) is 26.8 Å². The molecule has 2 aromatic carbocycles. The van der Waals surface area contributed by atoms with Crippen LogP contribution in [0.4, 0.5) is 0 Å². The third-order valence-corrected chi connectivity index (χ3v) is 4.43. The van der Waals surface area contributed by atoms with Crippen LogP contribution in [-0.2, 0) is 11.3 Å². The predicted molar refractivity (Wildman–Crippen MR) is 105 cm³/mol. The molecule has 0 radical (unpaired) electrons. The van der Waals surface area contributed by atoms with E-state index >= 15 is 0 Å². The van der Waals surface area contributed by atoms with Gasteiger partial charge in [-0.3, -0.25) is 4.90 Å². The second-order valence-corrected chi connectivity index (χ2v) is 6.53. The number of nitrogens with zero attached hydrogens (tertiary/aromatic N) is 1. The Bertz CT molecular complexity index is 792. The summed E-state index contributed by atoms with van der Waals surface area (Å²) in [6, 6.07) is 13.2. The zero-order valence-electron chi connectivity index (χ0n) is 14.7. The summed E-state index contributed by atoms with van der Waals surface area (Å²) in [5, 5.41) is 0.638. The highest BCUT2D eigenvalue weighted by atomic mass is 35.5. The summed E-state index contributed by atoms with van der Waals surface area (Å²) in [4.78, 5) is 2.38. The summed E-state index contributed by atoms with van der Waals surface area (Å²) in [5.74, 6) is 7.89. The molecule has 2 N–H and O–H groups in total. The van der Waals surface area contributed by atoms with Crippen LogP contribution in [0.3, 0.4) is 0 Å². The van der Waals surface area contributed by atoms with Crippen molar-refractivity contribution in [2.24, 2.45) is 5.73 Å². The van der Waals surface area contributed by atoms with E-state index < -0.39 is 0 Å². The van der Waals surface area contributed by atoms with Gasteiger partial charge in [0.25, 0.3) is 0 Å². The van der Waals surface area contributed by atoms with Gasteiger partial charge in [0.2, 0.25) is 0 Å². The van der Waals surface area contributed by atoms with E-state index in [2.05, 4.69) is 16.7 Å². The Morgan fingerprint density at radius 1 is 1.15 bits per heavy atom. The van der Waals surface area contributed by atoms with Gasteiger partial charge >= 0.3 is 0 Å². The van der Waals surface area contributed by atoms with Crippen LogP contribution in [0.5, 0.6) is 11.5 Å². The molecule has 0 aromatic heterocycles. The van der Waals surface area contributed by atoms with Crippen molar-refractivity contribution in [2.45, 2.75) is 13.0 Å². The van der Waals surface area contributed by atoms with Gasteiger partial charge in [0.1, 0.15) is 11.5 Å². The number of rotatable bonds is 5. The fraction of sp³-hybridized carbons (Fsp3) is 0.333. The van der Waals surface area contributed by atoms with Crippen LogP contribution in [0.2, 0.25) is 5.02 Å². The molecule has 1 heterocycles. The molecule has 0 aliphatic carbocycles. The summed E-state index contributed by atoms with van der Waals surface area (Å²) in [6.07, 6.45) is 0.846. The second kappa shape index (κ2) is 9.61. The molecule has 0 spiro atoms. The van der Waals surface area contributed by atoms with E-state index in [-0.39, 0.29) is 0 Å². The molecular formula is C21H23ClN2O2. The quantitative estimate of drug-likeness (QED) is 0.816. The summed E-state index contributed by atoms with van der Waals surface area (Å²) in [6.45, 7) is 5.00. The minimum Gasteiger partial charge on any atom is -0.457 e. The number of morpholine rings is 1. The highest BCUT2D eigenvalue weighted by Gasteiger charge is 2.08. The van der Waals surface area contributed by atoms with E-state index in [1.54, 1.807) is 6.07 Å². The minimum absolute atomic E-state index is 0.388. The van der Waals surface area contributed by atoms with Crippen LogP contribution in [0.1, 0.15) is 17.5 Å². The molecule has 0 bridgehead atoms. The molecule has 1 aliphatic rings. The number of hydrogen-bond donors (Lipinski definition) is 1. The van der Waals surface area contributed by atoms with Crippen LogP contribution in [0.15, 0.2) is 42.5 Å². The molecule has 0 unspecified atom stereocenters. The third-order valence-electron chi connectivity index (χ3n) is 4.19. The van der Waals surface area contributed by atoms with Gasteiger partial charge in [0.05, 0.1) is 13.2 Å². The largest absolute Gasteiger partial charge is 0.457 e. The lowest BCUT2D eigenvalue weighted by atomic mass is 10.1. The van der Waals surface area contributed by atoms with Crippen LogP contribution < -0.4 is 10.5 Å². The van der Waals surface area contributed by atoms with Crippen molar-refractivity contribution in [2.75, 3.05) is 32.8 Å². The number of benzene rings is 2. The van der Waals surface area contributed by atoms with Crippen molar-refractivity contribution in [1.29, 1.82) is 0 Å². The Morgan fingerprint density at radius 3 is 2.77 bits per heavy atom. The van der Waals surface area contributed by atoms with E-state index in [9.17, 15) is 0 Å². The summed E-state index contributed by atoms with van der Waals surface area (Å²) < 4.78 is 11.3. The van der Waals surface area contributed by atoms with Gasteiger partial charge in [-0.2, -0.15) is 0 Å². The Balaban J connectivity index is 1.62. The molecule has 1 fully saturated rings. The highest BCUT2D eigenvalue weighted by Crippen LogP contribution is 2.27. The first-order valence-corrected chi connectivity index (χ1v) is 9.18. The monoisotopic (exact) mass is 370 g/mol. The van der Waals surface area contributed by atoms with E-state index in [0.29, 0.717) is 17.3 Å². The molecule has 1 aliphatic heterocycles. The highest BCUT2D eigenvalue weighted by molar-refractivity contribution is 6.30. The summed E-state index contributed by atoms with van der Waals surface area (Å²) in [5.41, 5.74) is 7.75. The molecule has 2 aromatic rings. The van der Waals surface area contributed by atoms with Crippen molar-refractivity contribution >= 4 is 11.6 Å². The lowest BCUT2D eigenvalue weighted by Crippen LogP contribution is -2.36. The smallest absolute Gasteiger partial charge is 0.131 e. The molecule has 5 heteroatoms. The van der Waals surface area contributed by atoms with Crippen molar-refractivity contribution in [3.05, 3.63) is 58.6 Å². The van der Waals surface area contributed by atoms with Crippen LogP contribution in [0, 0.1) is 11.8 Å². The van der Waals surface area contributed by atoms with Crippen LogP contribution >= 0.6 is 11.6 Å². The van der Waals surface area contributed by atoms with Crippen molar-refractivity contribution in [1.82, 2.24) is 4.90 Å². The lowest BCUT2D eigenvalue weighted by molar-refractivity contribution is 0.0390. The van der Waals surface area contributed by atoms with E-state index in [1.165, 1.54) is 0 Å². The normalized spacial score (nSPS) is 14.5. The maximum Gasteiger partial charge on any atom is 0.131 e. The lowest BCUT2D eigenvalue weighted by Gasteiger charge is -2.25. The Kier molecular flexibility index (Phi) is 6.93. The molecule has 0 atom stereocenters. The number of nitrogens with two attached hydrogens (primary N) is 1.